The van der Waals surface area contributed by atoms with Crippen molar-refractivity contribution in [3.63, 3.8) is 0 Å². The van der Waals surface area contributed by atoms with Crippen LogP contribution < -0.4 is 10.2 Å². The molecular formula is C19H17F4N3O2. The highest BCUT2D eigenvalue weighted by molar-refractivity contribution is 6.39. The van der Waals surface area contributed by atoms with Crippen LogP contribution in [0.15, 0.2) is 48.5 Å². The van der Waals surface area contributed by atoms with E-state index in [0.717, 1.165) is 30.0 Å². The molecule has 2 amide bonds. The summed E-state index contributed by atoms with van der Waals surface area (Å²) in [7, 11) is 0. The highest BCUT2D eigenvalue weighted by atomic mass is 19.4. The number of anilines is 2. The summed E-state index contributed by atoms with van der Waals surface area (Å²) in [4.78, 5) is 27.7. The molecule has 2 aromatic carbocycles. The molecule has 1 fully saturated rings. The Morgan fingerprint density at radius 2 is 1.43 bits per heavy atom. The van der Waals surface area contributed by atoms with Crippen molar-refractivity contribution >= 4 is 23.2 Å². The number of benzene rings is 2. The van der Waals surface area contributed by atoms with Gasteiger partial charge in [0.05, 0.1) is 5.56 Å². The van der Waals surface area contributed by atoms with Crippen LogP contribution in [0.1, 0.15) is 5.56 Å². The standard InChI is InChI=1S/C19H17F4N3O2/c20-14-3-7-16(8-4-14)25-9-11-26(12-10-25)18(28)17(27)24-15-5-1-13(2-6-15)19(21,22)23/h1-8H,9-12H2,(H,24,27). The minimum atomic E-state index is -4.47. The molecule has 1 aliphatic heterocycles. The number of halogens is 4. The van der Waals surface area contributed by atoms with Crippen LogP contribution in [0.4, 0.5) is 28.9 Å². The molecule has 0 bridgehead atoms. The first kappa shape index (κ1) is 19.7. The van der Waals surface area contributed by atoms with E-state index in [1.165, 1.54) is 17.0 Å². The van der Waals surface area contributed by atoms with Gasteiger partial charge in [-0.05, 0) is 48.5 Å². The number of hydrogen-bond acceptors (Lipinski definition) is 3. The number of nitrogens with zero attached hydrogens (tertiary/aromatic N) is 2. The normalized spacial score (nSPS) is 14.7. The van der Waals surface area contributed by atoms with E-state index in [0.29, 0.717) is 26.2 Å². The lowest BCUT2D eigenvalue weighted by atomic mass is 10.2. The third-order valence-electron chi connectivity index (χ3n) is 4.42. The Morgan fingerprint density at radius 1 is 0.857 bits per heavy atom. The summed E-state index contributed by atoms with van der Waals surface area (Å²) in [5, 5.41) is 2.31. The van der Waals surface area contributed by atoms with E-state index in [9.17, 15) is 27.2 Å². The Bertz CT molecular complexity index is 843. The van der Waals surface area contributed by atoms with Gasteiger partial charge in [0.1, 0.15) is 5.82 Å². The third kappa shape index (κ3) is 4.59. The van der Waals surface area contributed by atoms with Crippen molar-refractivity contribution in [2.45, 2.75) is 6.18 Å². The fourth-order valence-electron chi connectivity index (χ4n) is 2.89. The number of nitrogens with one attached hydrogen (secondary N) is 1. The predicted octanol–water partition coefficient (Wildman–Crippen LogP) is 3.13. The number of carbonyl (C=O) groups is 2. The van der Waals surface area contributed by atoms with Crippen LogP contribution in [0, 0.1) is 5.82 Å². The maximum atomic E-state index is 13.0. The van der Waals surface area contributed by atoms with Crippen molar-refractivity contribution in [2.75, 3.05) is 36.4 Å². The first-order valence-corrected chi connectivity index (χ1v) is 8.52. The molecule has 0 atom stereocenters. The van der Waals surface area contributed by atoms with Crippen LogP contribution in [0.5, 0.6) is 0 Å². The summed E-state index contributed by atoms with van der Waals surface area (Å²) in [5.74, 6) is -1.99. The maximum absolute atomic E-state index is 13.0. The fourth-order valence-corrected chi connectivity index (χ4v) is 2.89. The summed E-state index contributed by atoms with van der Waals surface area (Å²) in [5.41, 5.74) is 0.0905. The Labute approximate surface area is 158 Å². The van der Waals surface area contributed by atoms with Gasteiger partial charge < -0.3 is 15.1 Å². The van der Waals surface area contributed by atoms with Crippen LogP contribution in [-0.2, 0) is 15.8 Å². The molecule has 1 saturated heterocycles. The zero-order valence-electron chi connectivity index (χ0n) is 14.7. The number of rotatable bonds is 2. The second kappa shape index (κ2) is 7.87. The van der Waals surface area contributed by atoms with Gasteiger partial charge in [0.15, 0.2) is 0 Å². The zero-order chi connectivity index (χ0) is 20.3. The first-order chi connectivity index (χ1) is 13.2. The molecule has 0 radical (unpaired) electrons. The topological polar surface area (TPSA) is 52.7 Å². The van der Waals surface area contributed by atoms with E-state index >= 15 is 0 Å². The highest BCUT2D eigenvalue weighted by Crippen LogP contribution is 2.29. The SMILES string of the molecule is O=C(Nc1ccc(C(F)(F)F)cc1)C(=O)N1CCN(c2ccc(F)cc2)CC1. The van der Waals surface area contributed by atoms with E-state index in [4.69, 9.17) is 0 Å². The molecule has 5 nitrogen and oxygen atoms in total. The quantitative estimate of drug-likeness (QED) is 0.628. The molecule has 2 aromatic rings. The molecule has 0 aliphatic carbocycles. The van der Waals surface area contributed by atoms with Crippen LogP contribution in [0.25, 0.3) is 0 Å². The van der Waals surface area contributed by atoms with Gasteiger partial charge in [-0.1, -0.05) is 0 Å². The average Bonchev–Trinajstić information content (AvgIpc) is 2.68. The van der Waals surface area contributed by atoms with Gasteiger partial charge in [0.2, 0.25) is 0 Å². The van der Waals surface area contributed by atoms with E-state index in [-0.39, 0.29) is 11.5 Å². The molecule has 28 heavy (non-hydrogen) atoms. The highest BCUT2D eigenvalue weighted by Gasteiger charge is 2.30. The molecule has 1 N–H and O–H groups in total. The predicted molar refractivity (Wildman–Crippen MR) is 95.3 cm³/mol. The Balaban J connectivity index is 1.54. The van der Waals surface area contributed by atoms with Crippen molar-refractivity contribution in [3.05, 3.63) is 59.9 Å². The van der Waals surface area contributed by atoms with Crippen molar-refractivity contribution in [1.82, 2.24) is 4.90 Å². The van der Waals surface area contributed by atoms with E-state index in [1.54, 1.807) is 12.1 Å². The Kier molecular flexibility index (Phi) is 5.53. The lowest BCUT2D eigenvalue weighted by Gasteiger charge is -2.35. The van der Waals surface area contributed by atoms with Gasteiger partial charge in [0.25, 0.3) is 0 Å². The largest absolute Gasteiger partial charge is 0.416 e. The Hall–Kier alpha value is -3.10. The molecule has 0 saturated carbocycles. The Morgan fingerprint density at radius 3 is 1.96 bits per heavy atom. The van der Waals surface area contributed by atoms with Crippen LogP contribution in [0.3, 0.4) is 0 Å². The zero-order valence-corrected chi connectivity index (χ0v) is 14.7. The van der Waals surface area contributed by atoms with Gasteiger partial charge in [-0.25, -0.2) is 4.39 Å². The fraction of sp³-hybridized carbons (Fsp3) is 0.263. The second-order valence-corrected chi connectivity index (χ2v) is 6.28. The van der Waals surface area contributed by atoms with Gasteiger partial charge in [-0.15, -0.1) is 0 Å². The van der Waals surface area contributed by atoms with Crippen molar-refractivity contribution in [1.29, 1.82) is 0 Å². The van der Waals surface area contributed by atoms with E-state index in [2.05, 4.69) is 5.32 Å². The van der Waals surface area contributed by atoms with E-state index < -0.39 is 23.6 Å². The average molecular weight is 395 g/mol. The van der Waals surface area contributed by atoms with Gasteiger partial charge in [-0.2, -0.15) is 13.2 Å². The summed E-state index contributed by atoms with van der Waals surface area (Å²) in [6, 6.07) is 9.85. The van der Waals surface area contributed by atoms with Gasteiger partial charge in [-0.3, -0.25) is 9.59 Å². The molecule has 0 unspecified atom stereocenters. The van der Waals surface area contributed by atoms with Crippen molar-refractivity contribution in [3.8, 4) is 0 Å². The third-order valence-corrected chi connectivity index (χ3v) is 4.42. The van der Waals surface area contributed by atoms with Gasteiger partial charge >= 0.3 is 18.0 Å². The minimum Gasteiger partial charge on any atom is -0.368 e. The van der Waals surface area contributed by atoms with Gasteiger partial charge in [0, 0.05) is 37.6 Å². The number of carbonyl (C=O) groups excluding carboxylic acids is 2. The van der Waals surface area contributed by atoms with Crippen LogP contribution in [-0.4, -0.2) is 42.9 Å². The molecular weight excluding hydrogens is 378 g/mol. The maximum Gasteiger partial charge on any atom is 0.416 e. The lowest BCUT2D eigenvalue weighted by Crippen LogP contribution is -2.51. The summed E-state index contributed by atoms with van der Waals surface area (Å²) in [6.07, 6.45) is -4.47. The number of alkyl halides is 3. The van der Waals surface area contributed by atoms with E-state index in [1.807, 2.05) is 4.90 Å². The minimum absolute atomic E-state index is 0.108. The smallest absolute Gasteiger partial charge is 0.368 e. The number of hydrogen-bond donors (Lipinski definition) is 1. The van der Waals surface area contributed by atoms with Crippen molar-refractivity contribution in [2.24, 2.45) is 0 Å². The molecule has 0 spiro atoms. The number of amides is 2. The monoisotopic (exact) mass is 395 g/mol. The van der Waals surface area contributed by atoms with Crippen LogP contribution in [0.2, 0.25) is 0 Å². The molecule has 3 rings (SSSR count). The molecule has 148 valence electrons. The van der Waals surface area contributed by atoms with Crippen LogP contribution >= 0.6 is 0 Å². The molecule has 1 heterocycles. The molecule has 9 heteroatoms. The molecule has 0 aromatic heterocycles. The summed E-state index contributed by atoms with van der Waals surface area (Å²) in [6.45, 7) is 1.56. The summed E-state index contributed by atoms with van der Waals surface area (Å²) < 4.78 is 50.7. The molecule has 1 aliphatic rings. The van der Waals surface area contributed by atoms with Crippen molar-refractivity contribution < 1.29 is 27.2 Å². The second-order valence-electron chi connectivity index (χ2n) is 6.28. The lowest BCUT2D eigenvalue weighted by molar-refractivity contribution is -0.143. The first-order valence-electron chi connectivity index (χ1n) is 8.52. The number of piperazine rings is 1. The summed E-state index contributed by atoms with van der Waals surface area (Å²) >= 11 is 0.